The van der Waals surface area contributed by atoms with Crippen molar-refractivity contribution in [3.63, 3.8) is 0 Å². The van der Waals surface area contributed by atoms with Gasteiger partial charge in [-0.25, -0.2) is 4.79 Å². The molecule has 1 N–H and O–H groups in total. The maximum absolute atomic E-state index is 10.7. The van der Waals surface area contributed by atoms with Crippen LogP contribution in [0.2, 0.25) is 0 Å². The fourth-order valence-corrected chi connectivity index (χ4v) is 3.50. The summed E-state index contributed by atoms with van der Waals surface area (Å²) in [5.74, 6) is 0.796. The van der Waals surface area contributed by atoms with Crippen LogP contribution in [0.5, 0.6) is 0 Å². The van der Waals surface area contributed by atoms with Crippen molar-refractivity contribution < 1.29 is 9.90 Å². The lowest BCUT2D eigenvalue weighted by molar-refractivity contribution is -0.133. The summed E-state index contributed by atoms with van der Waals surface area (Å²) in [5, 5.41) is 8.83. The average molecular weight is 194 g/mol. The van der Waals surface area contributed by atoms with E-state index in [-0.39, 0.29) is 5.41 Å². The van der Waals surface area contributed by atoms with E-state index < -0.39 is 5.97 Å². The van der Waals surface area contributed by atoms with Gasteiger partial charge in [0.15, 0.2) is 0 Å². The zero-order chi connectivity index (χ0) is 10.3. The molecular weight excluding hydrogens is 176 g/mol. The molecule has 2 rings (SSSR count). The molecule has 0 aromatic heterocycles. The highest BCUT2D eigenvalue weighted by atomic mass is 16.4. The monoisotopic (exact) mass is 194 g/mol. The summed E-state index contributed by atoms with van der Waals surface area (Å²) in [5.41, 5.74) is 0.623. The molecule has 0 heterocycles. The third kappa shape index (κ3) is 1.47. The van der Waals surface area contributed by atoms with E-state index in [0.717, 1.165) is 11.8 Å². The fourth-order valence-electron chi connectivity index (χ4n) is 3.50. The number of hydrogen-bond acceptors (Lipinski definition) is 1. The van der Waals surface area contributed by atoms with Crippen molar-refractivity contribution >= 4 is 5.97 Å². The largest absolute Gasteiger partial charge is 0.478 e. The molecule has 2 heteroatoms. The van der Waals surface area contributed by atoms with Crippen LogP contribution < -0.4 is 0 Å². The lowest BCUT2D eigenvalue weighted by Crippen LogP contribution is -2.25. The fraction of sp³-hybridized carbons (Fsp3) is 0.750. The van der Waals surface area contributed by atoms with Gasteiger partial charge in [0.25, 0.3) is 0 Å². The van der Waals surface area contributed by atoms with Gasteiger partial charge in [0, 0.05) is 5.57 Å². The van der Waals surface area contributed by atoms with Gasteiger partial charge in [0.1, 0.15) is 0 Å². The molecule has 3 unspecified atom stereocenters. The Morgan fingerprint density at radius 2 is 2.29 bits per heavy atom. The first-order valence-electron chi connectivity index (χ1n) is 5.42. The van der Waals surface area contributed by atoms with E-state index in [1.165, 1.54) is 25.7 Å². The van der Waals surface area contributed by atoms with Gasteiger partial charge >= 0.3 is 5.97 Å². The van der Waals surface area contributed by atoms with Crippen molar-refractivity contribution in [2.75, 3.05) is 0 Å². The van der Waals surface area contributed by atoms with Gasteiger partial charge in [-0.3, -0.25) is 0 Å². The number of aliphatic carboxylic acids is 1. The molecular formula is C12H18O2. The van der Waals surface area contributed by atoms with Crippen molar-refractivity contribution in [1.29, 1.82) is 0 Å². The number of carboxylic acids is 1. The molecule has 0 aliphatic heterocycles. The molecule has 0 aromatic carbocycles. The van der Waals surface area contributed by atoms with Crippen LogP contribution in [-0.2, 0) is 4.79 Å². The second kappa shape index (κ2) is 3.11. The number of rotatable bonds is 3. The molecule has 2 fully saturated rings. The third-order valence-corrected chi connectivity index (χ3v) is 4.20. The maximum Gasteiger partial charge on any atom is 0.330 e. The highest BCUT2D eigenvalue weighted by Crippen LogP contribution is 2.58. The second-order valence-corrected chi connectivity index (χ2v) is 5.32. The second-order valence-electron chi connectivity index (χ2n) is 5.32. The third-order valence-electron chi connectivity index (χ3n) is 4.20. The first-order chi connectivity index (χ1) is 6.51. The van der Waals surface area contributed by atoms with E-state index in [2.05, 4.69) is 13.5 Å². The minimum atomic E-state index is -0.825. The topological polar surface area (TPSA) is 37.3 Å². The molecule has 2 aliphatic carbocycles. The van der Waals surface area contributed by atoms with Crippen molar-refractivity contribution in [1.82, 2.24) is 0 Å². The van der Waals surface area contributed by atoms with Crippen LogP contribution in [0.4, 0.5) is 0 Å². The Hall–Kier alpha value is -0.790. The molecule has 2 bridgehead atoms. The van der Waals surface area contributed by atoms with Crippen molar-refractivity contribution in [2.24, 2.45) is 17.3 Å². The molecule has 78 valence electrons. The van der Waals surface area contributed by atoms with E-state index in [0.29, 0.717) is 12.0 Å². The van der Waals surface area contributed by atoms with Crippen LogP contribution in [-0.4, -0.2) is 11.1 Å². The Morgan fingerprint density at radius 1 is 1.57 bits per heavy atom. The van der Waals surface area contributed by atoms with Crippen LogP contribution in [0.1, 0.15) is 39.0 Å². The van der Waals surface area contributed by atoms with Crippen LogP contribution in [0, 0.1) is 17.3 Å². The molecule has 2 nitrogen and oxygen atoms in total. The number of carboxylic acid groups (broad SMARTS) is 1. The molecule has 0 saturated heterocycles. The van der Waals surface area contributed by atoms with Crippen LogP contribution in [0.25, 0.3) is 0 Å². The van der Waals surface area contributed by atoms with Crippen molar-refractivity contribution in [3.8, 4) is 0 Å². The van der Waals surface area contributed by atoms with Gasteiger partial charge in [-0.15, -0.1) is 0 Å². The Kier molecular flexibility index (Phi) is 2.17. The summed E-state index contributed by atoms with van der Waals surface area (Å²) in [6, 6.07) is 0. The van der Waals surface area contributed by atoms with Gasteiger partial charge < -0.3 is 5.11 Å². The van der Waals surface area contributed by atoms with Gasteiger partial charge in [-0.05, 0) is 42.9 Å². The lowest BCUT2D eigenvalue weighted by Gasteiger charge is -2.34. The predicted octanol–water partition coefficient (Wildman–Crippen LogP) is 2.84. The van der Waals surface area contributed by atoms with Gasteiger partial charge in [0.2, 0.25) is 0 Å². The quantitative estimate of drug-likeness (QED) is 0.701. The van der Waals surface area contributed by atoms with Crippen LogP contribution >= 0.6 is 0 Å². The van der Waals surface area contributed by atoms with Crippen LogP contribution in [0.15, 0.2) is 12.2 Å². The summed E-state index contributed by atoms with van der Waals surface area (Å²) in [7, 11) is 0. The highest BCUT2D eigenvalue weighted by Gasteiger charge is 2.48. The van der Waals surface area contributed by atoms with Crippen LogP contribution in [0.3, 0.4) is 0 Å². The summed E-state index contributed by atoms with van der Waals surface area (Å²) in [6.07, 6.45) is 5.88. The number of hydrogen-bond donors (Lipinski definition) is 1. The minimum absolute atomic E-state index is 0.235. The Morgan fingerprint density at radius 3 is 2.71 bits per heavy atom. The smallest absolute Gasteiger partial charge is 0.330 e. The maximum atomic E-state index is 10.7. The normalized spacial score (nSPS) is 40.1. The first kappa shape index (κ1) is 9.75. The average Bonchev–Trinajstić information content (AvgIpc) is 2.62. The first-order valence-corrected chi connectivity index (χ1v) is 5.42. The Labute approximate surface area is 85.0 Å². The van der Waals surface area contributed by atoms with Crippen molar-refractivity contribution in [3.05, 3.63) is 12.2 Å². The molecule has 2 aliphatic rings. The molecule has 2 saturated carbocycles. The number of carbonyl (C=O) groups is 1. The summed E-state index contributed by atoms with van der Waals surface area (Å²) < 4.78 is 0. The summed E-state index contributed by atoms with van der Waals surface area (Å²) >= 11 is 0. The summed E-state index contributed by atoms with van der Waals surface area (Å²) in [6.45, 7) is 5.89. The van der Waals surface area contributed by atoms with Gasteiger partial charge in [-0.1, -0.05) is 19.9 Å². The zero-order valence-electron chi connectivity index (χ0n) is 8.75. The molecule has 0 amide bonds. The predicted molar refractivity (Wildman–Crippen MR) is 54.9 cm³/mol. The molecule has 14 heavy (non-hydrogen) atoms. The highest BCUT2D eigenvalue weighted by molar-refractivity contribution is 5.85. The van der Waals surface area contributed by atoms with E-state index in [1.54, 1.807) is 0 Å². The molecule has 0 radical (unpaired) electrons. The Balaban J connectivity index is 2.04. The lowest BCUT2D eigenvalue weighted by atomic mass is 9.71. The van der Waals surface area contributed by atoms with Crippen molar-refractivity contribution in [2.45, 2.75) is 39.0 Å². The standard InChI is InChI=1S/C12H18O2/c1-8(11(13)14)6-12(2)7-9-3-4-10(12)5-9/h9-10H,1,3-7H2,2H3,(H,13,14). The van der Waals surface area contributed by atoms with E-state index >= 15 is 0 Å². The molecule has 0 aromatic rings. The van der Waals surface area contributed by atoms with Gasteiger partial charge in [-0.2, -0.15) is 0 Å². The van der Waals surface area contributed by atoms with E-state index in [4.69, 9.17) is 5.11 Å². The molecule has 0 spiro atoms. The van der Waals surface area contributed by atoms with Gasteiger partial charge in [0.05, 0.1) is 0 Å². The Bertz CT molecular complexity index is 282. The number of fused-ring (bicyclic) bond motifs is 2. The zero-order valence-corrected chi connectivity index (χ0v) is 8.75. The van der Waals surface area contributed by atoms with E-state index in [1.807, 2.05) is 0 Å². The van der Waals surface area contributed by atoms with E-state index in [9.17, 15) is 4.79 Å². The molecule has 3 atom stereocenters. The minimum Gasteiger partial charge on any atom is -0.478 e. The SMILES string of the molecule is C=C(CC1(C)CC2CCC1C2)C(=O)O. The summed E-state index contributed by atoms with van der Waals surface area (Å²) in [4.78, 5) is 10.7.